The number of nitrogens with one attached hydrogen (secondary N) is 1. The normalized spacial score (nSPS) is 10.0. The lowest BCUT2D eigenvalue weighted by atomic mass is 10.4. The summed E-state index contributed by atoms with van der Waals surface area (Å²) < 4.78 is 5.63. The van der Waals surface area contributed by atoms with E-state index in [0.29, 0.717) is 5.69 Å². The molecule has 0 fully saturated rings. The molecule has 0 radical (unpaired) electrons. The van der Waals surface area contributed by atoms with E-state index in [1.165, 1.54) is 18.2 Å². The van der Waals surface area contributed by atoms with Crippen LogP contribution in [-0.4, -0.2) is 54.3 Å². The van der Waals surface area contributed by atoms with Gasteiger partial charge in [0.25, 0.3) is 5.56 Å². The first-order valence-corrected chi connectivity index (χ1v) is 6.42. The number of likely N-dealkylation sites (N-methyl/N-ethyl adjacent to an activating group) is 1. The maximum Gasteiger partial charge on any atom is 0.327 e. The molecule has 20 heavy (non-hydrogen) atoms. The van der Waals surface area contributed by atoms with Gasteiger partial charge >= 0.3 is 5.97 Å². The minimum absolute atomic E-state index is 0.0355. The highest BCUT2D eigenvalue weighted by atomic mass is 79.9. The summed E-state index contributed by atoms with van der Waals surface area (Å²) in [6, 6.07) is 0. The molecule has 1 rings (SSSR count). The van der Waals surface area contributed by atoms with Crippen LogP contribution in [0.3, 0.4) is 0 Å². The van der Waals surface area contributed by atoms with Crippen molar-refractivity contribution in [1.29, 1.82) is 0 Å². The molecular weight excluding hydrogens is 332 g/mol. The predicted molar refractivity (Wildman–Crippen MR) is 75.4 cm³/mol. The number of aromatic nitrogens is 2. The highest BCUT2D eigenvalue weighted by Crippen LogP contribution is 2.15. The Balaban J connectivity index is 2.87. The maximum atomic E-state index is 11.9. The fraction of sp³-hybridized carbons (Fsp3) is 0.455. The topological polar surface area (TPSA) is 93.5 Å². The molecule has 0 bridgehead atoms. The summed E-state index contributed by atoms with van der Waals surface area (Å²) in [4.78, 5) is 35.9. The Labute approximate surface area is 123 Å². The van der Waals surface area contributed by atoms with E-state index in [1.54, 1.807) is 14.1 Å². The number of ether oxygens (including phenoxy) is 1. The van der Waals surface area contributed by atoms with Crippen LogP contribution in [0.15, 0.2) is 15.5 Å². The van der Waals surface area contributed by atoms with Gasteiger partial charge in [0.05, 0.1) is 25.5 Å². The lowest BCUT2D eigenvalue weighted by Gasteiger charge is -2.13. The molecule has 1 aromatic heterocycles. The van der Waals surface area contributed by atoms with Crippen molar-refractivity contribution >= 4 is 33.5 Å². The van der Waals surface area contributed by atoms with Gasteiger partial charge in [-0.2, -0.15) is 5.10 Å². The summed E-state index contributed by atoms with van der Waals surface area (Å²) in [5, 5.41) is 6.64. The maximum absolute atomic E-state index is 11.9. The first-order chi connectivity index (χ1) is 9.36. The third kappa shape index (κ3) is 4.05. The second kappa shape index (κ2) is 7.04. The lowest BCUT2D eigenvalue weighted by molar-refractivity contribution is -0.141. The second-order valence-corrected chi connectivity index (χ2v) is 4.85. The first-order valence-electron chi connectivity index (χ1n) is 5.63. The van der Waals surface area contributed by atoms with E-state index >= 15 is 0 Å². The van der Waals surface area contributed by atoms with E-state index < -0.39 is 11.5 Å². The van der Waals surface area contributed by atoms with E-state index in [0.717, 1.165) is 4.68 Å². The number of anilines is 1. The summed E-state index contributed by atoms with van der Waals surface area (Å²) in [5.74, 6) is -0.717. The number of esters is 1. The number of halogens is 1. The number of hydrogen-bond acceptors (Lipinski definition) is 6. The molecule has 0 unspecified atom stereocenters. The molecule has 0 aromatic carbocycles. The van der Waals surface area contributed by atoms with Crippen molar-refractivity contribution in [3.05, 3.63) is 21.0 Å². The van der Waals surface area contributed by atoms with Crippen LogP contribution in [0.2, 0.25) is 0 Å². The highest BCUT2D eigenvalue weighted by Gasteiger charge is 2.12. The molecule has 0 saturated carbocycles. The number of rotatable bonds is 5. The molecule has 110 valence electrons. The van der Waals surface area contributed by atoms with Gasteiger partial charge in [-0.25, -0.2) is 4.68 Å². The third-order valence-electron chi connectivity index (χ3n) is 2.42. The Morgan fingerprint density at radius 1 is 1.50 bits per heavy atom. The molecule has 0 spiro atoms. The number of amides is 1. The number of methoxy groups -OCH3 is 1. The fourth-order valence-electron chi connectivity index (χ4n) is 1.22. The van der Waals surface area contributed by atoms with Crippen LogP contribution < -0.4 is 10.9 Å². The minimum Gasteiger partial charge on any atom is -0.468 e. The second-order valence-electron chi connectivity index (χ2n) is 4.05. The predicted octanol–water partition coefficient (Wildman–Crippen LogP) is -0.321. The number of carbonyl (C=O) groups excluding carboxylic acids is 2. The van der Waals surface area contributed by atoms with Gasteiger partial charge in [-0.15, -0.1) is 0 Å². The average molecular weight is 347 g/mol. The monoisotopic (exact) mass is 346 g/mol. The first kappa shape index (κ1) is 16.2. The molecule has 8 nitrogen and oxygen atoms in total. The Morgan fingerprint density at radius 3 is 2.70 bits per heavy atom. The molecular formula is C11H15BrN4O4. The Hall–Kier alpha value is -1.90. The van der Waals surface area contributed by atoms with Crippen LogP contribution in [0, 0.1) is 0 Å². The molecule has 0 atom stereocenters. The number of nitrogens with zero attached hydrogens (tertiary/aromatic N) is 3. The van der Waals surface area contributed by atoms with Gasteiger partial charge in [0.15, 0.2) is 0 Å². The zero-order valence-electron chi connectivity index (χ0n) is 11.3. The summed E-state index contributed by atoms with van der Waals surface area (Å²) in [5.41, 5.74) is -0.107. The van der Waals surface area contributed by atoms with Crippen molar-refractivity contribution in [3.63, 3.8) is 0 Å². The van der Waals surface area contributed by atoms with Gasteiger partial charge < -0.3 is 15.0 Å². The zero-order valence-corrected chi connectivity index (χ0v) is 12.9. The molecule has 1 amide bonds. The largest absolute Gasteiger partial charge is 0.468 e. The average Bonchev–Trinajstić information content (AvgIpc) is 2.42. The smallest absolute Gasteiger partial charge is 0.327 e. The van der Waals surface area contributed by atoms with Crippen LogP contribution >= 0.6 is 15.9 Å². The summed E-state index contributed by atoms with van der Waals surface area (Å²) >= 11 is 3.12. The van der Waals surface area contributed by atoms with Crippen molar-refractivity contribution in [2.75, 3.05) is 33.1 Å². The highest BCUT2D eigenvalue weighted by molar-refractivity contribution is 9.10. The Kier molecular flexibility index (Phi) is 5.68. The van der Waals surface area contributed by atoms with Gasteiger partial charge in [-0.3, -0.25) is 14.4 Å². The van der Waals surface area contributed by atoms with Crippen molar-refractivity contribution in [3.8, 4) is 0 Å². The van der Waals surface area contributed by atoms with Crippen LogP contribution in [0.5, 0.6) is 0 Å². The standard InChI is InChI=1S/C11H15BrN4O4/c1-15(2)8(17)5-13-7-4-14-16(6-9(18)20-3)11(19)10(7)12/h4,13H,5-6H2,1-3H3. The van der Waals surface area contributed by atoms with Crippen molar-refractivity contribution < 1.29 is 14.3 Å². The van der Waals surface area contributed by atoms with E-state index in [4.69, 9.17) is 0 Å². The van der Waals surface area contributed by atoms with Gasteiger partial charge in [0, 0.05) is 14.1 Å². The van der Waals surface area contributed by atoms with Gasteiger partial charge in [0.2, 0.25) is 5.91 Å². The molecule has 0 saturated heterocycles. The molecule has 0 aliphatic rings. The molecule has 1 N–H and O–H groups in total. The SMILES string of the molecule is COC(=O)Cn1ncc(NCC(=O)N(C)C)c(Br)c1=O. The van der Waals surface area contributed by atoms with E-state index in [-0.39, 0.29) is 23.5 Å². The molecule has 1 aromatic rings. The van der Waals surface area contributed by atoms with E-state index in [2.05, 4.69) is 31.1 Å². The molecule has 1 heterocycles. The molecule has 9 heteroatoms. The third-order valence-corrected chi connectivity index (χ3v) is 3.19. The van der Waals surface area contributed by atoms with Crippen LogP contribution in [0.25, 0.3) is 0 Å². The van der Waals surface area contributed by atoms with E-state index in [9.17, 15) is 14.4 Å². The van der Waals surface area contributed by atoms with E-state index in [1.807, 2.05) is 0 Å². The number of carbonyl (C=O) groups is 2. The molecule has 0 aliphatic heterocycles. The quantitative estimate of drug-likeness (QED) is 0.734. The molecule has 0 aliphatic carbocycles. The van der Waals surface area contributed by atoms with Gasteiger partial charge in [0.1, 0.15) is 11.0 Å². The number of hydrogen-bond donors (Lipinski definition) is 1. The van der Waals surface area contributed by atoms with Crippen LogP contribution in [0.1, 0.15) is 0 Å². The van der Waals surface area contributed by atoms with Gasteiger partial charge in [-0.05, 0) is 15.9 Å². The fourth-order valence-corrected chi connectivity index (χ4v) is 1.66. The van der Waals surface area contributed by atoms with Crippen molar-refractivity contribution in [2.45, 2.75) is 6.54 Å². The minimum atomic E-state index is -0.574. The van der Waals surface area contributed by atoms with Crippen molar-refractivity contribution in [1.82, 2.24) is 14.7 Å². The lowest BCUT2D eigenvalue weighted by Crippen LogP contribution is -2.31. The summed E-state index contributed by atoms with van der Waals surface area (Å²) in [6.07, 6.45) is 1.36. The van der Waals surface area contributed by atoms with Gasteiger partial charge in [-0.1, -0.05) is 0 Å². The van der Waals surface area contributed by atoms with Crippen molar-refractivity contribution in [2.24, 2.45) is 0 Å². The Morgan fingerprint density at radius 2 is 2.15 bits per heavy atom. The van der Waals surface area contributed by atoms with Crippen LogP contribution in [0.4, 0.5) is 5.69 Å². The zero-order chi connectivity index (χ0) is 15.3. The Bertz CT molecular complexity index is 570. The van der Waals surface area contributed by atoms with Crippen LogP contribution in [-0.2, 0) is 20.9 Å². The summed E-state index contributed by atoms with van der Waals surface area (Å²) in [7, 11) is 4.49. The summed E-state index contributed by atoms with van der Waals surface area (Å²) in [6.45, 7) is -0.238.